The Morgan fingerprint density at radius 3 is 2.74 bits per heavy atom. The molecule has 0 fully saturated rings. The molecule has 96 valence electrons. The average molecular weight is 293 g/mol. The van der Waals surface area contributed by atoms with Gasteiger partial charge in [-0.1, -0.05) is 17.7 Å². The number of imidazole rings is 1. The third-order valence-corrected chi connectivity index (χ3v) is 3.58. The van der Waals surface area contributed by atoms with Gasteiger partial charge in [0, 0.05) is 5.02 Å². The maximum atomic E-state index is 13.7. The molecule has 0 saturated heterocycles. The van der Waals surface area contributed by atoms with Crippen molar-refractivity contribution in [3.05, 3.63) is 57.6 Å². The Hall–Kier alpha value is -1.65. The summed E-state index contributed by atoms with van der Waals surface area (Å²) in [4.78, 5) is 3.07. The molecule has 0 aliphatic heterocycles. The second-order valence-electron chi connectivity index (χ2n) is 4.36. The monoisotopic (exact) mass is 292 g/mol. The Morgan fingerprint density at radius 1 is 1.21 bits per heavy atom. The smallest absolute Gasteiger partial charge is 0.182 e. The quantitative estimate of drug-likeness (QED) is 0.640. The van der Waals surface area contributed by atoms with Crippen LogP contribution < -0.4 is 0 Å². The van der Waals surface area contributed by atoms with Crippen molar-refractivity contribution in [1.29, 1.82) is 0 Å². The van der Waals surface area contributed by atoms with Crippen LogP contribution >= 0.6 is 23.8 Å². The molecule has 0 aliphatic rings. The lowest BCUT2D eigenvalue weighted by atomic mass is 10.2. The molecule has 0 bridgehead atoms. The van der Waals surface area contributed by atoms with E-state index in [2.05, 4.69) is 4.98 Å². The first-order valence-corrected chi connectivity index (χ1v) is 6.52. The summed E-state index contributed by atoms with van der Waals surface area (Å²) in [5.41, 5.74) is 3.01. The molecule has 1 N–H and O–H groups in total. The van der Waals surface area contributed by atoms with Crippen LogP contribution in [0.5, 0.6) is 0 Å². The van der Waals surface area contributed by atoms with E-state index in [4.69, 9.17) is 23.8 Å². The standard InChI is InChI=1S/C14H10ClFN2S/c1-8-2-4-10(7-11(8)16)18-13-5-3-9(15)6-12(13)17-14(18)19/h2-7H,1H3,(H,17,19). The number of hydrogen-bond acceptors (Lipinski definition) is 1. The number of hydrogen-bond donors (Lipinski definition) is 1. The van der Waals surface area contributed by atoms with Crippen molar-refractivity contribution in [2.75, 3.05) is 0 Å². The highest BCUT2D eigenvalue weighted by atomic mass is 35.5. The van der Waals surface area contributed by atoms with Gasteiger partial charge in [-0.05, 0) is 55.0 Å². The van der Waals surface area contributed by atoms with Crippen molar-refractivity contribution in [3.63, 3.8) is 0 Å². The fourth-order valence-corrected chi connectivity index (χ4v) is 2.55. The molecule has 1 aromatic heterocycles. The van der Waals surface area contributed by atoms with E-state index in [1.807, 2.05) is 12.1 Å². The number of fused-ring (bicyclic) bond motifs is 1. The predicted octanol–water partition coefficient (Wildman–Crippen LogP) is 4.79. The SMILES string of the molecule is Cc1ccc(-n2c(=S)[nH]c3cc(Cl)ccc32)cc1F. The first-order chi connectivity index (χ1) is 9.06. The highest BCUT2D eigenvalue weighted by molar-refractivity contribution is 7.71. The van der Waals surface area contributed by atoms with Crippen LogP contribution in [0.4, 0.5) is 4.39 Å². The second kappa shape index (κ2) is 4.47. The number of nitrogens with one attached hydrogen (secondary N) is 1. The lowest BCUT2D eigenvalue weighted by Gasteiger charge is -2.06. The third-order valence-electron chi connectivity index (χ3n) is 3.06. The van der Waals surface area contributed by atoms with Crippen LogP contribution in [0.1, 0.15) is 5.56 Å². The van der Waals surface area contributed by atoms with Crippen molar-refractivity contribution in [1.82, 2.24) is 9.55 Å². The van der Waals surface area contributed by atoms with E-state index in [1.165, 1.54) is 6.07 Å². The van der Waals surface area contributed by atoms with Gasteiger partial charge in [-0.3, -0.25) is 4.57 Å². The number of H-pyrrole nitrogens is 1. The zero-order valence-corrected chi connectivity index (χ0v) is 11.6. The van der Waals surface area contributed by atoms with Gasteiger partial charge >= 0.3 is 0 Å². The summed E-state index contributed by atoms with van der Waals surface area (Å²) in [6, 6.07) is 10.5. The van der Waals surface area contributed by atoms with Crippen LogP contribution in [0, 0.1) is 17.5 Å². The van der Waals surface area contributed by atoms with E-state index < -0.39 is 0 Å². The van der Waals surface area contributed by atoms with Crippen LogP contribution in [-0.2, 0) is 0 Å². The molecular weight excluding hydrogens is 283 g/mol. The Morgan fingerprint density at radius 2 is 2.00 bits per heavy atom. The van der Waals surface area contributed by atoms with Crippen LogP contribution in [0.3, 0.4) is 0 Å². The molecule has 19 heavy (non-hydrogen) atoms. The van der Waals surface area contributed by atoms with E-state index in [9.17, 15) is 4.39 Å². The number of rotatable bonds is 1. The van der Waals surface area contributed by atoms with Crippen molar-refractivity contribution in [3.8, 4) is 5.69 Å². The van der Waals surface area contributed by atoms with Gasteiger partial charge in [0.1, 0.15) is 5.82 Å². The fraction of sp³-hybridized carbons (Fsp3) is 0.0714. The first-order valence-electron chi connectivity index (χ1n) is 5.73. The molecule has 3 aromatic rings. The maximum Gasteiger partial charge on any atom is 0.182 e. The summed E-state index contributed by atoms with van der Waals surface area (Å²) < 4.78 is 16.0. The van der Waals surface area contributed by atoms with Gasteiger partial charge in [0.25, 0.3) is 0 Å². The molecule has 2 aromatic carbocycles. The van der Waals surface area contributed by atoms with Crippen molar-refractivity contribution in [2.24, 2.45) is 0 Å². The molecule has 0 radical (unpaired) electrons. The molecule has 0 atom stereocenters. The maximum absolute atomic E-state index is 13.7. The minimum Gasteiger partial charge on any atom is -0.330 e. The second-order valence-corrected chi connectivity index (χ2v) is 5.18. The van der Waals surface area contributed by atoms with Crippen LogP contribution in [0.15, 0.2) is 36.4 Å². The summed E-state index contributed by atoms with van der Waals surface area (Å²) in [6.45, 7) is 1.73. The predicted molar refractivity (Wildman–Crippen MR) is 78.2 cm³/mol. The lowest BCUT2D eigenvalue weighted by molar-refractivity contribution is 0.617. The zero-order chi connectivity index (χ0) is 13.6. The minimum atomic E-state index is -0.247. The normalized spacial score (nSPS) is 11.1. The molecular formula is C14H10ClFN2S. The van der Waals surface area contributed by atoms with Crippen molar-refractivity contribution >= 4 is 34.9 Å². The Kier molecular flexibility index (Phi) is 2.92. The van der Waals surface area contributed by atoms with E-state index in [0.717, 1.165) is 11.0 Å². The molecule has 0 saturated carbocycles. The number of aryl methyl sites for hydroxylation is 1. The highest BCUT2D eigenvalue weighted by Crippen LogP contribution is 2.23. The third kappa shape index (κ3) is 2.07. The molecule has 0 spiro atoms. The number of aromatic nitrogens is 2. The highest BCUT2D eigenvalue weighted by Gasteiger charge is 2.08. The van der Waals surface area contributed by atoms with Crippen molar-refractivity contribution in [2.45, 2.75) is 6.92 Å². The number of benzene rings is 2. The zero-order valence-electron chi connectivity index (χ0n) is 10.1. The molecule has 2 nitrogen and oxygen atoms in total. The molecule has 0 aliphatic carbocycles. The first kappa shape index (κ1) is 12.4. The summed E-state index contributed by atoms with van der Waals surface area (Å²) in [5.74, 6) is -0.247. The summed E-state index contributed by atoms with van der Waals surface area (Å²) in [5, 5.41) is 0.631. The molecule has 1 heterocycles. The number of nitrogens with zero attached hydrogens (tertiary/aromatic N) is 1. The van der Waals surface area contributed by atoms with E-state index in [1.54, 1.807) is 29.7 Å². The van der Waals surface area contributed by atoms with Gasteiger partial charge < -0.3 is 4.98 Å². The molecule has 0 unspecified atom stereocenters. The number of aromatic amines is 1. The van der Waals surface area contributed by atoms with Gasteiger partial charge in [0.2, 0.25) is 0 Å². The van der Waals surface area contributed by atoms with Gasteiger partial charge in [0.15, 0.2) is 4.77 Å². The van der Waals surface area contributed by atoms with E-state index >= 15 is 0 Å². The summed E-state index contributed by atoms with van der Waals surface area (Å²) in [6.07, 6.45) is 0. The summed E-state index contributed by atoms with van der Waals surface area (Å²) in [7, 11) is 0. The Labute approximate surface area is 119 Å². The van der Waals surface area contributed by atoms with Crippen LogP contribution in [0.25, 0.3) is 16.7 Å². The van der Waals surface area contributed by atoms with Crippen LogP contribution in [0.2, 0.25) is 5.02 Å². The van der Waals surface area contributed by atoms with Crippen molar-refractivity contribution < 1.29 is 4.39 Å². The fourth-order valence-electron chi connectivity index (χ4n) is 2.06. The largest absolute Gasteiger partial charge is 0.330 e. The summed E-state index contributed by atoms with van der Waals surface area (Å²) >= 11 is 11.2. The lowest BCUT2D eigenvalue weighted by Crippen LogP contribution is -1.95. The molecule has 0 amide bonds. The number of halogens is 2. The average Bonchev–Trinajstić information content (AvgIpc) is 2.68. The van der Waals surface area contributed by atoms with Gasteiger partial charge in [0.05, 0.1) is 16.7 Å². The van der Waals surface area contributed by atoms with E-state index in [-0.39, 0.29) is 5.82 Å². The molecule has 5 heteroatoms. The Balaban J connectivity index is 2.32. The van der Waals surface area contributed by atoms with Gasteiger partial charge in [-0.2, -0.15) is 0 Å². The van der Waals surface area contributed by atoms with E-state index in [0.29, 0.717) is 21.0 Å². The topological polar surface area (TPSA) is 20.7 Å². The van der Waals surface area contributed by atoms with Gasteiger partial charge in [-0.25, -0.2) is 4.39 Å². The Bertz CT molecular complexity index is 835. The molecule has 3 rings (SSSR count). The van der Waals surface area contributed by atoms with Crippen LogP contribution in [-0.4, -0.2) is 9.55 Å². The minimum absolute atomic E-state index is 0.247. The van der Waals surface area contributed by atoms with Gasteiger partial charge in [-0.15, -0.1) is 0 Å².